The van der Waals surface area contributed by atoms with Crippen molar-refractivity contribution in [3.8, 4) is 10.6 Å². The summed E-state index contributed by atoms with van der Waals surface area (Å²) in [5.41, 5.74) is 2.34. The third kappa shape index (κ3) is 4.06. The molecule has 0 amide bonds. The summed E-state index contributed by atoms with van der Waals surface area (Å²) in [6, 6.07) is 9.15. The number of thioether (sulfide) groups is 1. The molecular weight excluding hydrogens is 272 g/mol. The zero-order valence-electron chi connectivity index (χ0n) is 11.6. The second kappa shape index (κ2) is 7.08. The molecule has 4 heteroatoms. The van der Waals surface area contributed by atoms with Gasteiger partial charge in [-0.1, -0.05) is 19.1 Å². The average molecular weight is 292 g/mol. The Morgan fingerprint density at radius 2 is 2.05 bits per heavy atom. The van der Waals surface area contributed by atoms with Crippen LogP contribution in [0.3, 0.4) is 0 Å². The quantitative estimate of drug-likeness (QED) is 0.798. The number of nitrogens with zero attached hydrogens (tertiary/aromatic N) is 1. The largest absolute Gasteiger partial charge is 0.309 e. The fourth-order valence-electron chi connectivity index (χ4n) is 1.68. The monoisotopic (exact) mass is 292 g/mol. The van der Waals surface area contributed by atoms with Crippen molar-refractivity contribution < 1.29 is 0 Å². The molecule has 1 heterocycles. The van der Waals surface area contributed by atoms with Crippen molar-refractivity contribution >= 4 is 23.1 Å². The lowest BCUT2D eigenvalue weighted by atomic mass is 10.2. The van der Waals surface area contributed by atoms with Gasteiger partial charge >= 0.3 is 0 Å². The highest BCUT2D eigenvalue weighted by Crippen LogP contribution is 2.26. The first kappa shape index (κ1) is 14.6. The van der Waals surface area contributed by atoms with E-state index in [0.717, 1.165) is 23.7 Å². The number of nitrogens with one attached hydrogen (secondary N) is 1. The summed E-state index contributed by atoms with van der Waals surface area (Å²) in [5, 5.41) is 6.72. The van der Waals surface area contributed by atoms with Crippen molar-refractivity contribution in [2.24, 2.45) is 0 Å². The third-order valence-corrected chi connectivity index (χ3v) is 4.82. The van der Waals surface area contributed by atoms with Crippen molar-refractivity contribution in [2.75, 3.05) is 6.26 Å². The molecule has 102 valence electrons. The SMILES string of the molecule is CCC(C)NCc1csc(-c2ccc(SC)cc2)n1. The molecule has 0 bridgehead atoms. The third-order valence-electron chi connectivity index (χ3n) is 3.13. The van der Waals surface area contributed by atoms with E-state index in [4.69, 9.17) is 4.98 Å². The maximum absolute atomic E-state index is 4.69. The van der Waals surface area contributed by atoms with E-state index >= 15 is 0 Å². The Bertz CT molecular complexity index is 505. The molecule has 2 aromatic rings. The van der Waals surface area contributed by atoms with Crippen molar-refractivity contribution in [1.29, 1.82) is 0 Å². The van der Waals surface area contributed by atoms with Gasteiger partial charge in [0.2, 0.25) is 0 Å². The van der Waals surface area contributed by atoms with Gasteiger partial charge < -0.3 is 5.32 Å². The topological polar surface area (TPSA) is 24.9 Å². The fraction of sp³-hybridized carbons (Fsp3) is 0.400. The zero-order valence-corrected chi connectivity index (χ0v) is 13.3. The molecule has 0 spiro atoms. The maximum Gasteiger partial charge on any atom is 0.123 e. The standard InChI is InChI=1S/C15H20N2S2/c1-4-11(2)16-9-13-10-19-15(17-13)12-5-7-14(18-3)8-6-12/h5-8,10-11,16H,4,9H2,1-3H3. The predicted molar refractivity (Wildman–Crippen MR) is 85.9 cm³/mol. The number of aromatic nitrogens is 1. The summed E-state index contributed by atoms with van der Waals surface area (Å²) in [5.74, 6) is 0. The Labute approximate surface area is 123 Å². The summed E-state index contributed by atoms with van der Waals surface area (Å²) in [6.45, 7) is 5.25. The van der Waals surface area contributed by atoms with Crippen molar-refractivity contribution in [3.63, 3.8) is 0 Å². The number of hydrogen-bond acceptors (Lipinski definition) is 4. The minimum absolute atomic E-state index is 0.547. The lowest BCUT2D eigenvalue weighted by molar-refractivity contribution is 0.530. The first-order chi connectivity index (χ1) is 9.22. The first-order valence-electron chi connectivity index (χ1n) is 6.55. The molecular formula is C15H20N2S2. The van der Waals surface area contributed by atoms with Gasteiger partial charge in [0.25, 0.3) is 0 Å². The lowest BCUT2D eigenvalue weighted by Gasteiger charge is -2.08. The molecule has 1 atom stereocenters. The summed E-state index contributed by atoms with van der Waals surface area (Å²) in [6.07, 6.45) is 3.24. The number of thiazole rings is 1. The van der Waals surface area contributed by atoms with Crippen LogP contribution in [0.15, 0.2) is 34.5 Å². The highest BCUT2D eigenvalue weighted by molar-refractivity contribution is 7.98. The fourth-order valence-corrected chi connectivity index (χ4v) is 2.91. The molecule has 1 unspecified atom stereocenters. The van der Waals surface area contributed by atoms with Gasteiger partial charge in [0, 0.05) is 28.4 Å². The van der Waals surface area contributed by atoms with Crippen LogP contribution in [0.2, 0.25) is 0 Å². The number of rotatable bonds is 6. The van der Waals surface area contributed by atoms with E-state index in [0.29, 0.717) is 6.04 Å². The van der Waals surface area contributed by atoms with Crippen LogP contribution in [-0.4, -0.2) is 17.3 Å². The van der Waals surface area contributed by atoms with Crippen LogP contribution in [0, 0.1) is 0 Å². The molecule has 1 N–H and O–H groups in total. The Kier molecular flexibility index (Phi) is 5.43. The molecule has 0 saturated carbocycles. The Hall–Kier alpha value is -0.840. The molecule has 0 aliphatic rings. The van der Waals surface area contributed by atoms with Crippen LogP contribution in [0.4, 0.5) is 0 Å². The van der Waals surface area contributed by atoms with E-state index in [1.54, 1.807) is 23.1 Å². The van der Waals surface area contributed by atoms with E-state index in [-0.39, 0.29) is 0 Å². The summed E-state index contributed by atoms with van der Waals surface area (Å²) in [4.78, 5) is 5.98. The van der Waals surface area contributed by atoms with E-state index < -0.39 is 0 Å². The van der Waals surface area contributed by atoms with Crippen LogP contribution >= 0.6 is 23.1 Å². The molecule has 0 fully saturated rings. The van der Waals surface area contributed by atoms with Gasteiger partial charge in [0.15, 0.2) is 0 Å². The van der Waals surface area contributed by atoms with E-state index in [2.05, 4.69) is 55.1 Å². The van der Waals surface area contributed by atoms with E-state index in [1.807, 2.05) is 0 Å². The van der Waals surface area contributed by atoms with Gasteiger partial charge in [0.1, 0.15) is 5.01 Å². The molecule has 2 rings (SSSR count). The average Bonchev–Trinajstić information content (AvgIpc) is 2.93. The van der Waals surface area contributed by atoms with Crippen molar-refractivity contribution in [2.45, 2.75) is 37.8 Å². The zero-order chi connectivity index (χ0) is 13.7. The Morgan fingerprint density at radius 3 is 2.68 bits per heavy atom. The molecule has 0 aliphatic carbocycles. The van der Waals surface area contributed by atoms with Crippen molar-refractivity contribution in [1.82, 2.24) is 10.3 Å². The molecule has 2 nitrogen and oxygen atoms in total. The molecule has 0 aliphatic heterocycles. The minimum atomic E-state index is 0.547. The van der Waals surface area contributed by atoms with Gasteiger partial charge in [-0.3, -0.25) is 0 Å². The van der Waals surface area contributed by atoms with E-state index in [9.17, 15) is 0 Å². The molecule has 1 aromatic carbocycles. The first-order valence-corrected chi connectivity index (χ1v) is 8.65. The highest BCUT2D eigenvalue weighted by Gasteiger charge is 2.05. The second-order valence-electron chi connectivity index (χ2n) is 4.56. The Morgan fingerprint density at radius 1 is 1.32 bits per heavy atom. The van der Waals surface area contributed by atoms with Gasteiger partial charge in [-0.2, -0.15) is 0 Å². The summed E-state index contributed by atoms with van der Waals surface area (Å²) < 4.78 is 0. The van der Waals surface area contributed by atoms with E-state index in [1.165, 1.54) is 10.5 Å². The molecule has 0 radical (unpaired) electrons. The maximum atomic E-state index is 4.69. The normalized spacial score (nSPS) is 12.6. The summed E-state index contributed by atoms with van der Waals surface area (Å²) >= 11 is 3.48. The van der Waals surface area contributed by atoms with Gasteiger partial charge in [-0.05, 0) is 31.7 Å². The van der Waals surface area contributed by atoms with Crippen LogP contribution in [-0.2, 0) is 6.54 Å². The van der Waals surface area contributed by atoms with Gasteiger partial charge in [0.05, 0.1) is 5.69 Å². The predicted octanol–water partition coefficient (Wildman–Crippen LogP) is 4.42. The smallest absolute Gasteiger partial charge is 0.123 e. The number of benzene rings is 1. The second-order valence-corrected chi connectivity index (χ2v) is 6.30. The van der Waals surface area contributed by atoms with Crippen LogP contribution in [0.1, 0.15) is 26.0 Å². The highest BCUT2D eigenvalue weighted by atomic mass is 32.2. The van der Waals surface area contributed by atoms with Gasteiger partial charge in [-0.15, -0.1) is 23.1 Å². The van der Waals surface area contributed by atoms with Crippen molar-refractivity contribution in [3.05, 3.63) is 35.3 Å². The number of hydrogen-bond donors (Lipinski definition) is 1. The molecule has 1 aromatic heterocycles. The summed E-state index contributed by atoms with van der Waals surface area (Å²) in [7, 11) is 0. The van der Waals surface area contributed by atoms with Crippen LogP contribution in [0.25, 0.3) is 10.6 Å². The molecule has 0 saturated heterocycles. The lowest BCUT2D eigenvalue weighted by Crippen LogP contribution is -2.24. The van der Waals surface area contributed by atoms with Crippen LogP contribution in [0.5, 0.6) is 0 Å². The minimum Gasteiger partial charge on any atom is -0.309 e. The van der Waals surface area contributed by atoms with Crippen LogP contribution < -0.4 is 5.32 Å². The van der Waals surface area contributed by atoms with Gasteiger partial charge in [-0.25, -0.2) is 4.98 Å². The Balaban J connectivity index is 2.03. The molecule has 19 heavy (non-hydrogen) atoms.